The summed E-state index contributed by atoms with van der Waals surface area (Å²) in [4.78, 5) is 2.37. The maximum absolute atomic E-state index is 6.43. The molecule has 10 aromatic rings. The van der Waals surface area contributed by atoms with Gasteiger partial charge in [-0.15, -0.1) is 0 Å². The van der Waals surface area contributed by atoms with Crippen molar-refractivity contribution in [1.29, 1.82) is 0 Å². The van der Waals surface area contributed by atoms with Gasteiger partial charge in [-0.2, -0.15) is 0 Å². The Balaban J connectivity index is 1.26. The van der Waals surface area contributed by atoms with E-state index in [9.17, 15) is 0 Å². The number of rotatable bonds is 5. The molecule has 10 rings (SSSR count). The molecule has 2 aromatic heterocycles. The van der Waals surface area contributed by atoms with Gasteiger partial charge in [0.2, 0.25) is 0 Å². The SMILES string of the molecule is c1ccc(-c2ccc(N(c3ccc4oc5cc6ccccc6cc5c4c3)c3cccc4oc5ccccc5c34)cc2-c2ccccc2)cc1. The summed E-state index contributed by atoms with van der Waals surface area (Å²) in [6.45, 7) is 0. The number of nitrogens with zero attached hydrogens (tertiary/aromatic N) is 1. The minimum atomic E-state index is 0.856. The molecule has 0 aliphatic carbocycles. The standard InChI is InChI=1S/C46H29NO2/c1-3-12-30(13-4-1)36-24-22-34(28-38(36)31-14-5-2-6-15-31)47(41-19-11-21-44-46(41)37-18-9-10-20-42(37)48-44)35-23-25-43-40(29-35)39-26-32-16-7-8-17-33(32)27-45(39)49-43/h1-29H. The van der Waals surface area contributed by atoms with E-state index >= 15 is 0 Å². The first kappa shape index (κ1) is 27.5. The van der Waals surface area contributed by atoms with Gasteiger partial charge >= 0.3 is 0 Å². The monoisotopic (exact) mass is 627 g/mol. The van der Waals surface area contributed by atoms with Crippen LogP contribution >= 0.6 is 0 Å². The summed E-state index contributed by atoms with van der Waals surface area (Å²) in [5.41, 5.74) is 11.3. The first-order chi connectivity index (χ1) is 24.3. The molecule has 3 heteroatoms. The molecule has 0 saturated carbocycles. The van der Waals surface area contributed by atoms with Crippen LogP contribution in [0.3, 0.4) is 0 Å². The van der Waals surface area contributed by atoms with Crippen LogP contribution in [0.1, 0.15) is 0 Å². The average molecular weight is 628 g/mol. The molecule has 0 aliphatic heterocycles. The molecule has 0 amide bonds. The third-order valence-electron chi connectivity index (χ3n) is 9.63. The Morgan fingerprint density at radius 2 is 0.939 bits per heavy atom. The van der Waals surface area contributed by atoms with Gasteiger partial charge in [-0.3, -0.25) is 0 Å². The van der Waals surface area contributed by atoms with Crippen molar-refractivity contribution < 1.29 is 8.83 Å². The summed E-state index contributed by atoms with van der Waals surface area (Å²) in [6, 6.07) is 62.1. The van der Waals surface area contributed by atoms with Crippen LogP contribution < -0.4 is 4.90 Å². The van der Waals surface area contributed by atoms with E-state index in [1.807, 2.05) is 12.1 Å². The van der Waals surface area contributed by atoms with Crippen molar-refractivity contribution in [2.24, 2.45) is 0 Å². The van der Waals surface area contributed by atoms with Gasteiger partial charge in [0.25, 0.3) is 0 Å². The van der Waals surface area contributed by atoms with Crippen molar-refractivity contribution in [2.75, 3.05) is 4.90 Å². The summed E-state index contributed by atoms with van der Waals surface area (Å²) in [5.74, 6) is 0. The fourth-order valence-electron chi connectivity index (χ4n) is 7.36. The van der Waals surface area contributed by atoms with Crippen LogP contribution in [0.2, 0.25) is 0 Å². The molecule has 8 aromatic carbocycles. The third kappa shape index (κ3) is 4.51. The molecule has 230 valence electrons. The first-order valence-corrected chi connectivity index (χ1v) is 16.6. The highest BCUT2D eigenvalue weighted by Crippen LogP contribution is 2.46. The van der Waals surface area contributed by atoms with Crippen LogP contribution in [0.5, 0.6) is 0 Å². The third-order valence-corrected chi connectivity index (χ3v) is 9.63. The lowest BCUT2D eigenvalue weighted by Crippen LogP contribution is -2.10. The van der Waals surface area contributed by atoms with Crippen LogP contribution in [0.25, 0.3) is 76.9 Å². The van der Waals surface area contributed by atoms with Gasteiger partial charge in [0.05, 0.1) is 11.1 Å². The maximum Gasteiger partial charge on any atom is 0.137 e. The molecular weight excluding hydrogens is 599 g/mol. The minimum Gasteiger partial charge on any atom is -0.456 e. The summed E-state index contributed by atoms with van der Waals surface area (Å²) < 4.78 is 12.8. The van der Waals surface area contributed by atoms with Crippen LogP contribution in [0.4, 0.5) is 17.1 Å². The van der Waals surface area contributed by atoms with Gasteiger partial charge in [-0.05, 0) is 93.7 Å². The van der Waals surface area contributed by atoms with Crippen molar-refractivity contribution >= 4 is 71.7 Å². The van der Waals surface area contributed by atoms with Gasteiger partial charge in [-0.1, -0.05) is 115 Å². The van der Waals surface area contributed by atoms with Gasteiger partial charge in [0.1, 0.15) is 22.3 Å². The second kappa shape index (κ2) is 11.0. The number of anilines is 3. The number of fused-ring (bicyclic) bond motifs is 7. The molecule has 0 unspecified atom stereocenters. The van der Waals surface area contributed by atoms with E-state index in [1.165, 1.54) is 33.0 Å². The van der Waals surface area contributed by atoms with Gasteiger partial charge < -0.3 is 13.7 Å². The molecule has 0 atom stereocenters. The largest absolute Gasteiger partial charge is 0.456 e. The minimum absolute atomic E-state index is 0.856. The maximum atomic E-state index is 6.43. The topological polar surface area (TPSA) is 29.5 Å². The highest BCUT2D eigenvalue weighted by molar-refractivity contribution is 6.15. The van der Waals surface area contributed by atoms with Crippen LogP contribution in [-0.2, 0) is 0 Å². The van der Waals surface area contributed by atoms with E-state index in [0.717, 1.165) is 60.9 Å². The lowest BCUT2D eigenvalue weighted by Gasteiger charge is -2.27. The Kier molecular flexibility index (Phi) is 6.18. The lowest BCUT2D eigenvalue weighted by atomic mass is 9.93. The molecule has 0 N–H and O–H groups in total. The van der Waals surface area contributed by atoms with E-state index in [-0.39, 0.29) is 0 Å². The molecule has 0 radical (unpaired) electrons. The van der Waals surface area contributed by atoms with Crippen LogP contribution in [-0.4, -0.2) is 0 Å². The lowest BCUT2D eigenvalue weighted by molar-refractivity contribution is 0.668. The second-order valence-electron chi connectivity index (χ2n) is 12.5. The molecule has 0 aliphatic rings. The number of benzene rings is 8. The highest BCUT2D eigenvalue weighted by Gasteiger charge is 2.22. The number of hydrogen-bond acceptors (Lipinski definition) is 3. The summed E-state index contributed by atoms with van der Waals surface area (Å²) >= 11 is 0. The zero-order chi connectivity index (χ0) is 32.3. The molecular formula is C46H29NO2. The fourth-order valence-corrected chi connectivity index (χ4v) is 7.36. The zero-order valence-electron chi connectivity index (χ0n) is 26.5. The Morgan fingerprint density at radius 3 is 1.76 bits per heavy atom. The highest BCUT2D eigenvalue weighted by atomic mass is 16.3. The van der Waals surface area contributed by atoms with Crippen molar-refractivity contribution in [3.63, 3.8) is 0 Å². The van der Waals surface area contributed by atoms with Gasteiger partial charge in [0, 0.05) is 27.5 Å². The van der Waals surface area contributed by atoms with Crippen molar-refractivity contribution in [1.82, 2.24) is 0 Å². The Hall–Kier alpha value is -6.58. The van der Waals surface area contributed by atoms with E-state index in [0.29, 0.717) is 0 Å². The fraction of sp³-hybridized carbons (Fsp3) is 0. The molecule has 2 heterocycles. The Morgan fingerprint density at radius 1 is 0.347 bits per heavy atom. The molecule has 0 saturated heterocycles. The van der Waals surface area contributed by atoms with Gasteiger partial charge in [0.15, 0.2) is 0 Å². The predicted octanol–water partition coefficient (Wildman–Crippen LogP) is 13.4. The molecule has 49 heavy (non-hydrogen) atoms. The second-order valence-corrected chi connectivity index (χ2v) is 12.5. The molecule has 3 nitrogen and oxygen atoms in total. The summed E-state index contributed by atoms with van der Waals surface area (Å²) in [5, 5.41) is 6.71. The van der Waals surface area contributed by atoms with E-state index in [1.54, 1.807) is 0 Å². The van der Waals surface area contributed by atoms with Crippen molar-refractivity contribution in [2.45, 2.75) is 0 Å². The van der Waals surface area contributed by atoms with Crippen molar-refractivity contribution in [3.05, 3.63) is 176 Å². The van der Waals surface area contributed by atoms with Crippen molar-refractivity contribution in [3.8, 4) is 22.3 Å². The average Bonchev–Trinajstić information content (AvgIpc) is 3.72. The molecule has 0 bridgehead atoms. The number of furan rings is 2. The number of para-hydroxylation sites is 1. The Bertz CT molecular complexity index is 2830. The normalized spacial score (nSPS) is 11.7. The van der Waals surface area contributed by atoms with Crippen LogP contribution in [0, 0.1) is 0 Å². The quantitative estimate of drug-likeness (QED) is 0.190. The summed E-state index contributed by atoms with van der Waals surface area (Å²) in [6.07, 6.45) is 0. The van der Waals surface area contributed by atoms with E-state index < -0.39 is 0 Å². The molecule has 0 fully saturated rings. The van der Waals surface area contributed by atoms with E-state index in [4.69, 9.17) is 8.83 Å². The van der Waals surface area contributed by atoms with Crippen LogP contribution in [0.15, 0.2) is 185 Å². The first-order valence-electron chi connectivity index (χ1n) is 16.6. The number of hydrogen-bond donors (Lipinski definition) is 0. The zero-order valence-corrected chi connectivity index (χ0v) is 26.5. The summed E-state index contributed by atoms with van der Waals surface area (Å²) in [7, 11) is 0. The smallest absolute Gasteiger partial charge is 0.137 e. The molecule has 0 spiro atoms. The Labute approximate surface area is 282 Å². The van der Waals surface area contributed by atoms with E-state index in [2.05, 4.69) is 169 Å². The predicted molar refractivity (Wildman–Crippen MR) is 204 cm³/mol. The van der Waals surface area contributed by atoms with Gasteiger partial charge in [-0.25, -0.2) is 0 Å².